The molecule has 2 aromatic rings. The lowest BCUT2D eigenvalue weighted by Crippen LogP contribution is -2.36. The van der Waals surface area contributed by atoms with Crippen LogP contribution in [0.3, 0.4) is 0 Å². The summed E-state index contributed by atoms with van der Waals surface area (Å²) in [4.78, 5) is 25.6. The van der Waals surface area contributed by atoms with Crippen molar-refractivity contribution in [1.82, 2.24) is 0 Å². The van der Waals surface area contributed by atoms with E-state index in [2.05, 4.69) is 10.6 Å². The lowest BCUT2D eigenvalue weighted by Gasteiger charge is -2.19. The maximum absolute atomic E-state index is 12.8. The van der Waals surface area contributed by atoms with Crippen molar-refractivity contribution >= 4 is 23.2 Å². The van der Waals surface area contributed by atoms with Crippen molar-refractivity contribution in [1.29, 1.82) is 0 Å². The second-order valence-electron chi connectivity index (χ2n) is 7.08. The van der Waals surface area contributed by atoms with E-state index < -0.39 is 5.41 Å². The summed E-state index contributed by atoms with van der Waals surface area (Å²) in [7, 11) is 0. The molecule has 0 bridgehead atoms. The average molecular weight is 336 g/mol. The summed E-state index contributed by atoms with van der Waals surface area (Å²) in [5.41, 5.74) is 4.79. The van der Waals surface area contributed by atoms with Gasteiger partial charge in [-0.15, -0.1) is 0 Å². The largest absolute Gasteiger partial charge is 0.325 e. The van der Waals surface area contributed by atoms with Crippen LogP contribution in [-0.2, 0) is 9.59 Å². The molecule has 0 aromatic heterocycles. The molecule has 130 valence electrons. The first-order valence-electron chi connectivity index (χ1n) is 8.60. The van der Waals surface area contributed by atoms with Crippen molar-refractivity contribution < 1.29 is 9.59 Å². The molecule has 1 aliphatic rings. The Labute approximate surface area is 148 Å². The Balaban J connectivity index is 1.78. The molecule has 0 unspecified atom stereocenters. The van der Waals surface area contributed by atoms with Crippen molar-refractivity contribution in [2.75, 3.05) is 10.6 Å². The number of hydrogen-bond donors (Lipinski definition) is 2. The quantitative estimate of drug-likeness (QED) is 0.819. The van der Waals surface area contributed by atoms with Gasteiger partial charge in [0.05, 0.1) is 0 Å². The van der Waals surface area contributed by atoms with Crippen molar-refractivity contribution in [2.24, 2.45) is 5.41 Å². The van der Waals surface area contributed by atoms with Gasteiger partial charge in [-0.05, 0) is 63.3 Å². The number of carbonyl (C=O) groups is 2. The number of nitrogens with one attached hydrogen (secondary N) is 2. The van der Waals surface area contributed by atoms with E-state index in [0.29, 0.717) is 12.8 Å². The lowest BCUT2D eigenvalue weighted by atomic mass is 10.0. The van der Waals surface area contributed by atoms with E-state index in [1.807, 2.05) is 64.1 Å². The zero-order valence-corrected chi connectivity index (χ0v) is 15.2. The van der Waals surface area contributed by atoms with E-state index in [1.165, 1.54) is 0 Å². The van der Waals surface area contributed by atoms with E-state index in [-0.39, 0.29) is 11.8 Å². The average Bonchev–Trinajstić information content (AvgIpc) is 3.34. The molecule has 0 atom stereocenters. The number of benzene rings is 2. The smallest absolute Gasteiger partial charge is 0.240 e. The van der Waals surface area contributed by atoms with Crippen LogP contribution in [0.25, 0.3) is 0 Å². The molecular formula is C21H24N2O2. The maximum atomic E-state index is 12.8. The SMILES string of the molecule is Cc1cc(C)c(NC(=O)C2(C(=O)Nc3ccccc3C)CC2)c(C)c1. The Morgan fingerprint density at radius 3 is 1.96 bits per heavy atom. The van der Waals surface area contributed by atoms with Gasteiger partial charge in [-0.2, -0.15) is 0 Å². The molecule has 1 saturated carbocycles. The maximum Gasteiger partial charge on any atom is 0.240 e. The summed E-state index contributed by atoms with van der Waals surface area (Å²) in [6, 6.07) is 11.7. The number of anilines is 2. The van der Waals surface area contributed by atoms with E-state index >= 15 is 0 Å². The van der Waals surface area contributed by atoms with Gasteiger partial charge in [0, 0.05) is 11.4 Å². The molecule has 25 heavy (non-hydrogen) atoms. The Kier molecular flexibility index (Phi) is 4.38. The number of aryl methyl sites for hydroxylation is 4. The predicted octanol–water partition coefficient (Wildman–Crippen LogP) is 4.28. The van der Waals surface area contributed by atoms with Crippen molar-refractivity contribution in [3.63, 3.8) is 0 Å². The summed E-state index contributed by atoms with van der Waals surface area (Å²) in [6.07, 6.45) is 1.17. The minimum absolute atomic E-state index is 0.214. The molecule has 0 aliphatic heterocycles. The van der Waals surface area contributed by atoms with Gasteiger partial charge < -0.3 is 10.6 Å². The predicted molar refractivity (Wildman–Crippen MR) is 101 cm³/mol. The van der Waals surface area contributed by atoms with Crippen LogP contribution in [0.1, 0.15) is 35.1 Å². The normalized spacial score (nSPS) is 14.7. The van der Waals surface area contributed by atoms with Crippen LogP contribution in [0.15, 0.2) is 36.4 Å². The zero-order valence-electron chi connectivity index (χ0n) is 15.2. The molecule has 4 heteroatoms. The molecule has 4 nitrogen and oxygen atoms in total. The van der Waals surface area contributed by atoms with Crippen LogP contribution in [0.4, 0.5) is 11.4 Å². The Morgan fingerprint density at radius 2 is 1.40 bits per heavy atom. The lowest BCUT2D eigenvalue weighted by molar-refractivity contribution is -0.131. The fourth-order valence-electron chi connectivity index (χ4n) is 3.25. The second kappa shape index (κ2) is 6.36. The molecule has 1 aliphatic carbocycles. The van der Waals surface area contributed by atoms with Crippen LogP contribution < -0.4 is 10.6 Å². The Morgan fingerprint density at radius 1 is 0.840 bits per heavy atom. The summed E-state index contributed by atoms with van der Waals surface area (Å²) < 4.78 is 0. The molecule has 2 amide bonds. The van der Waals surface area contributed by atoms with Gasteiger partial charge >= 0.3 is 0 Å². The zero-order chi connectivity index (χ0) is 18.2. The number of amides is 2. The highest BCUT2D eigenvalue weighted by Crippen LogP contribution is 2.48. The minimum Gasteiger partial charge on any atom is -0.325 e. The molecule has 0 radical (unpaired) electrons. The second-order valence-corrected chi connectivity index (χ2v) is 7.08. The third kappa shape index (κ3) is 3.29. The van der Waals surface area contributed by atoms with Gasteiger partial charge in [-0.1, -0.05) is 35.9 Å². The van der Waals surface area contributed by atoms with E-state index in [0.717, 1.165) is 33.6 Å². The molecular weight excluding hydrogens is 312 g/mol. The van der Waals surface area contributed by atoms with Gasteiger partial charge in [0.15, 0.2) is 0 Å². The van der Waals surface area contributed by atoms with Gasteiger partial charge in [0.1, 0.15) is 5.41 Å². The molecule has 0 heterocycles. The van der Waals surface area contributed by atoms with Crippen LogP contribution in [0, 0.1) is 33.1 Å². The molecule has 2 N–H and O–H groups in total. The van der Waals surface area contributed by atoms with Crippen LogP contribution >= 0.6 is 0 Å². The molecule has 3 rings (SSSR count). The number of carbonyl (C=O) groups excluding carboxylic acids is 2. The van der Waals surface area contributed by atoms with Gasteiger partial charge in [0.25, 0.3) is 0 Å². The van der Waals surface area contributed by atoms with E-state index in [9.17, 15) is 9.59 Å². The number of hydrogen-bond acceptors (Lipinski definition) is 2. The summed E-state index contributed by atoms with van der Waals surface area (Å²) in [5.74, 6) is -0.435. The van der Waals surface area contributed by atoms with Crippen molar-refractivity contribution in [3.8, 4) is 0 Å². The highest BCUT2D eigenvalue weighted by Gasteiger charge is 2.56. The van der Waals surface area contributed by atoms with Crippen LogP contribution in [-0.4, -0.2) is 11.8 Å². The van der Waals surface area contributed by atoms with Crippen molar-refractivity contribution in [2.45, 2.75) is 40.5 Å². The monoisotopic (exact) mass is 336 g/mol. The highest BCUT2D eigenvalue weighted by atomic mass is 16.2. The summed E-state index contributed by atoms with van der Waals surface area (Å²) >= 11 is 0. The Bertz CT molecular complexity index is 828. The van der Waals surface area contributed by atoms with Crippen LogP contribution in [0.2, 0.25) is 0 Å². The highest BCUT2D eigenvalue weighted by molar-refractivity contribution is 6.17. The Hall–Kier alpha value is -2.62. The van der Waals surface area contributed by atoms with E-state index in [4.69, 9.17) is 0 Å². The van der Waals surface area contributed by atoms with E-state index in [1.54, 1.807) is 0 Å². The third-order valence-electron chi connectivity index (χ3n) is 4.93. The first kappa shape index (κ1) is 17.2. The number of para-hydroxylation sites is 1. The van der Waals surface area contributed by atoms with Gasteiger partial charge in [-0.25, -0.2) is 0 Å². The fourth-order valence-corrected chi connectivity index (χ4v) is 3.25. The third-order valence-corrected chi connectivity index (χ3v) is 4.93. The van der Waals surface area contributed by atoms with Gasteiger partial charge in [-0.3, -0.25) is 9.59 Å². The standard InChI is InChI=1S/C21H24N2O2/c1-13-11-15(3)18(16(4)12-13)23-20(25)21(9-10-21)19(24)22-17-8-6-5-7-14(17)2/h5-8,11-12H,9-10H2,1-4H3,(H,22,24)(H,23,25). The summed E-state index contributed by atoms with van der Waals surface area (Å²) in [5, 5.41) is 5.91. The minimum atomic E-state index is -0.952. The van der Waals surface area contributed by atoms with Crippen molar-refractivity contribution in [3.05, 3.63) is 58.7 Å². The summed E-state index contributed by atoms with van der Waals surface area (Å²) in [6.45, 7) is 7.92. The first-order valence-corrected chi connectivity index (χ1v) is 8.60. The molecule has 2 aromatic carbocycles. The number of rotatable bonds is 4. The topological polar surface area (TPSA) is 58.2 Å². The van der Waals surface area contributed by atoms with Gasteiger partial charge in [0.2, 0.25) is 11.8 Å². The molecule has 0 spiro atoms. The fraction of sp³-hybridized carbons (Fsp3) is 0.333. The van der Waals surface area contributed by atoms with Crippen LogP contribution in [0.5, 0.6) is 0 Å². The molecule has 1 fully saturated rings. The molecule has 0 saturated heterocycles. The first-order chi connectivity index (χ1) is 11.8.